The van der Waals surface area contributed by atoms with Gasteiger partial charge in [0.05, 0.1) is 13.1 Å². The first kappa shape index (κ1) is 15.4. The summed E-state index contributed by atoms with van der Waals surface area (Å²) >= 11 is 5.68. The molecule has 3 rings (SSSR count). The van der Waals surface area contributed by atoms with Crippen LogP contribution in [0, 0.1) is 24.5 Å². The monoisotopic (exact) mass is 317 g/mol. The molecule has 0 unspecified atom stereocenters. The van der Waals surface area contributed by atoms with E-state index in [4.69, 9.17) is 12.2 Å². The lowest BCUT2D eigenvalue weighted by atomic mass is 10.00. The number of aryl methyl sites for hydroxylation is 2. The number of nitrogens with one attached hydrogen (secondary N) is 1. The zero-order chi connectivity index (χ0) is 15.7. The molecule has 1 N–H and O–H groups in total. The van der Waals surface area contributed by atoms with Crippen molar-refractivity contribution in [3.8, 4) is 5.69 Å². The number of rotatable bonds is 3. The lowest BCUT2D eigenvalue weighted by Crippen LogP contribution is -3.12. The molecule has 1 saturated heterocycles. The molecule has 0 bridgehead atoms. The molecule has 1 aliphatic rings. The summed E-state index contributed by atoms with van der Waals surface area (Å²) in [6.07, 6.45) is 2.61. The van der Waals surface area contributed by atoms with Gasteiger partial charge in [-0.15, -0.1) is 0 Å². The maximum atomic E-state index is 5.68. The van der Waals surface area contributed by atoms with Gasteiger partial charge in [-0.05, 0) is 62.5 Å². The van der Waals surface area contributed by atoms with Crippen molar-refractivity contribution in [2.45, 2.75) is 40.3 Å². The van der Waals surface area contributed by atoms with Gasteiger partial charge in [0.15, 0.2) is 6.67 Å². The molecule has 22 heavy (non-hydrogen) atoms. The van der Waals surface area contributed by atoms with Gasteiger partial charge in [0, 0.05) is 5.69 Å². The second kappa shape index (κ2) is 6.34. The van der Waals surface area contributed by atoms with E-state index in [0.29, 0.717) is 0 Å². The van der Waals surface area contributed by atoms with E-state index in [0.717, 1.165) is 28.9 Å². The van der Waals surface area contributed by atoms with Crippen molar-refractivity contribution in [1.29, 1.82) is 0 Å². The molecule has 1 fully saturated rings. The van der Waals surface area contributed by atoms with E-state index >= 15 is 0 Å². The Kier molecular flexibility index (Phi) is 4.45. The van der Waals surface area contributed by atoms with E-state index in [1.54, 1.807) is 4.90 Å². The first-order chi connectivity index (χ1) is 10.5. The standard InChI is InChI=1S/C17H24N4S/c1-13-7-9-19(10-8-13)12-20-17(22)21(15(3)18-20)16-6-4-5-14(2)11-16/h4-6,11,13H,7-10,12H2,1-3H3/p+1. The van der Waals surface area contributed by atoms with Crippen LogP contribution < -0.4 is 4.90 Å². The molecule has 1 aliphatic heterocycles. The third-order valence-corrected chi connectivity index (χ3v) is 5.01. The number of aromatic nitrogens is 3. The van der Waals surface area contributed by atoms with Crippen molar-refractivity contribution in [1.82, 2.24) is 14.3 Å². The lowest BCUT2D eigenvalue weighted by Gasteiger charge is -2.26. The highest BCUT2D eigenvalue weighted by Gasteiger charge is 2.20. The molecule has 0 atom stereocenters. The van der Waals surface area contributed by atoms with Crippen molar-refractivity contribution >= 4 is 12.2 Å². The summed E-state index contributed by atoms with van der Waals surface area (Å²) in [6.45, 7) is 9.80. The Morgan fingerprint density at radius 1 is 1.27 bits per heavy atom. The van der Waals surface area contributed by atoms with Crippen LogP contribution in [0.3, 0.4) is 0 Å². The summed E-state index contributed by atoms with van der Waals surface area (Å²) in [5, 5.41) is 4.68. The van der Waals surface area contributed by atoms with E-state index in [1.165, 1.54) is 31.5 Å². The van der Waals surface area contributed by atoms with E-state index < -0.39 is 0 Å². The smallest absolute Gasteiger partial charge is 0.207 e. The Balaban J connectivity index is 1.86. The van der Waals surface area contributed by atoms with Crippen molar-refractivity contribution in [2.75, 3.05) is 13.1 Å². The minimum atomic E-state index is 0.800. The number of hydrogen-bond donors (Lipinski definition) is 1. The fourth-order valence-electron chi connectivity index (χ4n) is 3.22. The molecule has 2 heterocycles. The zero-order valence-corrected chi connectivity index (χ0v) is 14.5. The summed E-state index contributed by atoms with van der Waals surface area (Å²) in [6, 6.07) is 8.42. The molecule has 5 heteroatoms. The van der Waals surface area contributed by atoms with Gasteiger partial charge in [-0.2, -0.15) is 9.78 Å². The summed E-state index contributed by atoms with van der Waals surface area (Å²) in [7, 11) is 0. The van der Waals surface area contributed by atoms with Gasteiger partial charge in [-0.25, -0.2) is 0 Å². The molecular formula is C17H25N4S+. The molecule has 118 valence electrons. The van der Waals surface area contributed by atoms with E-state index in [9.17, 15) is 0 Å². The maximum Gasteiger partial charge on any atom is 0.207 e. The summed E-state index contributed by atoms with van der Waals surface area (Å²) in [4.78, 5) is 1.59. The van der Waals surface area contributed by atoms with Crippen LogP contribution in [-0.2, 0) is 6.67 Å². The minimum absolute atomic E-state index is 0.800. The Labute approximate surface area is 137 Å². The number of likely N-dealkylation sites (tertiary alicyclic amines) is 1. The Morgan fingerprint density at radius 2 is 2.00 bits per heavy atom. The van der Waals surface area contributed by atoms with Gasteiger partial charge >= 0.3 is 0 Å². The lowest BCUT2D eigenvalue weighted by molar-refractivity contribution is -0.929. The SMILES string of the molecule is Cc1cccc(-n2c(C)nn(C[NH+]3CCC(C)CC3)c2=S)c1. The van der Waals surface area contributed by atoms with E-state index in [-0.39, 0.29) is 0 Å². The van der Waals surface area contributed by atoms with Crippen LogP contribution >= 0.6 is 12.2 Å². The third-order valence-electron chi connectivity index (χ3n) is 4.62. The summed E-state index contributed by atoms with van der Waals surface area (Å²) in [5.41, 5.74) is 2.35. The van der Waals surface area contributed by atoms with Gasteiger partial charge in [0.25, 0.3) is 0 Å². The van der Waals surface area contributed by atoms with Crippen LogP contribution in [0.1, 0.15) is 31.2 Å². The number of piperidine rings is 1. The van der Waals surface area contributed by atoms with Gasteiger partial charge < -0.3 is 4.90 Å². The molecule has 4 nitrogen and oxygen atoms in total. The summed E-state index contributed by atoms with van der Waals surface area (Å²) < 4.78 is 4.88. The normalized spacial score (nSPS) is 22.0. The first-order valence-electron chi connectivity index (χ1n) is 8.11. The van der Waals surface area contributed by atoms with Crippen molar-refractivity contribution in [3.63, 3.8) is 0 Å². The quantitative estimate of drug-likeness (QED) is 0.880. The molecule has 0 radical (unpaired) electrons. The number of nitrogens with zero attached hydrogens (tertiary/aromatic N) is 3. The van der Waals surface area contributed by atoms with Crippen LogP contribution in [0.2, 0.25) is 0 Å². The predicted octanol–water partition coefficient (Wildman–Crippen LogP) is 2.29. The van der Waals surface area contributed by atoms with Gasteiger partial charge in [-0.1, -0.05) is 19.1 Å². The highest BCUT2D eigenvalue weighted by Crippen LogP contribution is 2.13. The van der Waals surface area contributed by atoms with Gasteiger partial charge in [0.1, 0.15) is 5.82 Å². The zero-order valence-electron chi connectivity index (χ0n) is 13.7. The second-order valence-electron chi connectivity index (χ2n) is 6.59. The van der Waals surface area contributed by atoms with E-state index in [1.807, 2.05) is 11.6 Å². The fraction of sp³-hybridized carbons (Fsp3) is 0.529. The highest BCUT2D eigenvalue weighted by atomic mass is 32.1. The second-order valence-corrected chi connectivity index (χ2v) is 6.96. The Bertz CT molecular complexity index is 708. The number of hydrogen-bond acceptors (Lipinski definition) is 2. The maximum absolute atomic E-state index is 5.68. The van der Waals surface area contributed by atoms with Gasteiger partial charge in [0.2, 0.25) is 4.77 Å². The Hall–Kier alpha value is -1.46. The van der Waals surface area contributed by atoms with Gasteiger partial charge in [-0.3, -0.25) is 4.57 Å². The highest BCUT2D eigenvalue weighted by molar-refractivity contribution is 7.71. The van der Waals surface area contributed by atoms with Crippen LogP contribution in [0.4, 0.5) is 0 Å². The Morgan fingerprint density at radius 3 is 2.68 bits per heavy atom. The predicted molar refractivity (Wildman–Crippen MR) is 91.0 cm³/mol. The molecule has 1 aromatic heterocycles. The van der Waals surface area contributed by atoms with Crippen LogP contribution in [0.25, 0.3) is 5.69 Å². The van der Waals surface area contributed by atoms with Crippen LogP contribution in [0.5, 0.6) is 0 Å². The minimum Gasteiger partial charge on any atom is -0.316 e. The number of benzene rings is 1. The fourth-order valence-corrected chi connectivity index (χ4v) is 3.57. The van der Waals surface area contributed by atoms with Crippen molar-refractivity contribution < 1.29 is 4.90 Å². The topological polar surface area (TPSA) is 27.2 Å². The average molecular weight is 317 g/mol. The molecule has 0 amide bonds. The van der Waals surface area contributed by atoms with Crippen molar-refractivity contribution in [2.24, 2.45) is 5.92 Å². The molecule has 0 aliphatic carbocycles. The van der Waals surface area contributed by atoms with E-state index in [2.05, 4.69) is 47.8 Å². The molecule has 0 spiro atoms. The summed E-state index contributed by atoms with van der Waals surface area (Å²) in [5.74, 6) is 1.82. The molecule has 0 saturated carbocycles. The average Bonchev–Trinajstić information content (AvgIpc) is 2.76. The van der Waals surface area contributed by atoms with Crippen molar-refractivity contribution in [3.05, 3.63) is 40.4 Å². The number of quaternary nitrogens is 1. The van der Waals surface area contributed by atoms with Crippen LogP contribution in [0.15, 0.2) is 24.3 Å². The molecule has 2 aromatic rings. The molecular weight excluding hydrogens is 292 g/mol. The third kappa shape index (κ3) is 3.15. The molecule has 1 aromatic carbocycles. The first-order valence-corrected chi connectivity index (χ1v) is 8.52. The van der Waals surface area contributed by atoms with Crippen LogP contribution in [-0.4, -0.2) is 27.4 Å². The largest absolute Gasteiger partial charge is 0.316 e.